The molecule has 1 saturated heterocycles. The Labute approximate surface area is 296 Å². The molecule has 0 bridgehead atoms. The Balaban J connectivity index is 1.36. The molecule has 2 aliphatic rings. The van der Waals surface area contributed by atoms with Crippen molar-refractivity contribution in [2.75, 3.05) is 18.1 Å². The number of piperidine rings is 1. The van der Waals surface area contributed by atoms with Gasteiger partial charge < -0.3 is 0 Å². The van der Waals surface area contributed by atoms with Crippen LogP contribution in [0.25, 0.3) is 10.6 Å². The van der Waals surface area contributed by atoms with Crippen LogP contribution in [0, 0.1) is 11.8 Å². The fraction of sp³-hybridized carbons (Fsp3) is 0.353. The van der Waals surface area contributed by atoms with Crippen LogP contribution in [0.2, 0.25) is 10.0 Å². The van der Waals surface area contributed by atoms with E-state index in [1.54, 1.807) is 30.3 Å². The van der Waals surface area contributed by atoms with Crippen LogP contribution in [0.15, 0.2) is 54.6 Å². The zero-order valence-corrected chi connectivity index (χ0v) is 29.3. The number of rotatable bonds is 8. The minimum Gasteiger partial charge on any atom is -0.276 e. The summed E-state index contributed by atoms with van der Waals surface area (Å²) in [6.45, 7) is 1.04. The van der Waals surface area contributed by atoms with Gasteiger partial charge in [-0.1, -0.05) is 54.3 Å². The number of benzene rings is 2. The second-order valence-electron chi connectivity index (χ2n) is 11.9. The highest BCUT2D eigenvalue weighted by molar-refractivity contribution is 7.90. The van der Waals surface area contributed by atoms with Gasteiger partial charge in [0, 0.05) is 35.8 Å². The van der Waals surface area contributed by atoms with E-state index in [4.69, 9.17) is 23.2 Å². The Hall–Kier alpha value is -3.38. The number of nitrogens with one attached hydrogen (secondary N) is 2. The number of amides is 1. The first-order chi connectivity index (χ1) is 23.4. The first-order valence-corrected chi connectivity index (χ1v) is 18.9. The van der Waals surface area contributed by atoms with Crippen molar-refractivity contribution in [2.45, 2.75) is 62.9 Å². The SMILES string of the molecule is O=C(c1n[nH]c(-c2ccc(C#Cc3ccc(C(F)(F)F)cc3)s2)c1CNS(=O)(=O)C1CCCC1)N(c1ccc(Cl)cc1Cl)N1CCCCC1. The predicted molar refractivity (Wildman–Crippen MR) is 186 cm³/mol. The summed E-state index contributed by atoms with van der Waals surface area (Å²) >= 11 is 14.1. The molecule has 1 saturated carbocycles. The quantitative estimate of drug-likeness (QED) is 0.177. The zero-order chi connectivity index (χ0) is 34.8. The fourth-order valence-electron chi connectivity index (χ4n) is 6.04. The predicted octanol–water partition coefficient (Wildman–Crippen LogP) is 8.27. The van der Waals surface area contributed by atoms with Crippen molar-refractivity contribution in [3.05, 3.63) is 91.9 Å². The summed E-state index contributed by atoms with van der Waals surface area (Å²) < 4.78 is 68.2. The van der Waals surface area contributed by atoms with Crippen molar-refractivity contribution in [1.29, 1.82) is 0 Å². The van der Waals surface area contributed by atoms with Crippen LogP contribution in [-0.4, -0.2) is 47.9 Å². The van der Waals surface area contributed by atoms with Gasteiger partial charge in [-0.25, -0.2) is 23.2 Å². The molecule has 0 unspecified atom stereocenters. The largest absolute Gasteiger partial charge is 0.416 e. The van der Waals surface area contributed by atoms with E-state index in [2.05, 4.69) is 26.8 Å². The summed E-state index contributed by atoms with van der Waals surface area (Å²) in [5.74, 6) is 5.38. The van der Waals surface area contributed by atoms with Crippen molar-refractivity contribution in [3.8, 4) is 22.4 Å². The van der Waals surface area contributed by atoms with E-state index in [1.165, 1.54) is 28.5 Å². The highest BCUT2D eigenvalue weighted by Gasteiger charge is 2.34. The van der Waals surface area contributed by atoms with Crippen molar-refractivity contribution in [3.63, 3.8) is 0 Å². The number of alkyl halides is 3. The third-order valence-electron chi connectivity index (χ3n) is 8.60. The van der Waals surface area contributed by atoms with Crippen molar-refractivity contribution in [2.24, 2.45) is 0 Å². The third kappa shape index (κ3) is 8.17. The number of hydrogen-bond acceptors (Lipinski definition) is 6. The molecule has 15 heteroatoms. The van der Waals surface area contributed by atoms with E-state index in [0.717, 1.165) is 44.2 Å². The van der Waals surface area contributed by atoms with Crippen LogP contribution in [0.3, 0.4) is 0 Å². The fourth-order valence-corrected chi connectivity index (χ4v) is 8.95. The molecule has 2 aromatic carbocycles. The van der Waals surface area contributed by atoms with Crippen molar-refractivity contribution in [1.82, 2.24) is 19.9 Å². The number of H-pyrrole nitrogens is 1. The molecule has 1 amide bonds. The standard InChI is InChI=1S/C34H32Cl2F3N5O3S2/c35-24-13-16-29(28(36)20-24)44(43-18-4-1-5-19-43)33(45)32-27(21-40-49(46,47)26-6-2-3-7-26)31(41-42-32)30-17-15-25(48-30)14-10-22-8-11-23(12-9-22)34(37,38)39/h8-9,11-13,15-17,20,26,40H,1-7,18-19,21H2,(H,41,42). The lowest BCUT2D eigenvalue weighted by molar-refractivity contribution is -0.137. The summed E-state index contributed by atoms with van der Waals surface area (Å²) in [5, 5.41) is 11.0. The van der Waals surface area contributed by atoms with E-state index < -0.39 is 32.9 Å². The van der Waals surface area contributed by atoms with E-state index in [9.17, 15) is 26.4 Å². The lowest BCUT2D eigenvalue weighted by atomic mass is 10.1. The first-order valence-electron chi connectivity index (χ1n) is 15.8. The van der Waals surface area contributed by atoms with Gasteiger partial charge in [-0.2, -0.15) is 18.3 Å². The molecule has 49 heavy (non-hydrogen) atoms. The molecule has 8 nitrogen and oxygen atoms in total. The molecule has 2 aromatic heterocycles. The van der Waals surface area contributed by atoms with Crippen LogP contribution in [0.1, 0.15) is 77.0 Å². The van der Waals surface area contributed by atoms with Gasteiger partial charge in [0.1, 0.15) is 0 Å². The van der Waals surface area contributed by atoms with Crippen LogP contribution >= 0.6 is 34.5 Å². The maximum absolute atomic E-state index is 14.5. The van der Waals surface area contributed by atoms with Gasteiger partial charge >= 0.3 is 6.18 Å². The monoisotopic (exact) mass is 749 g/mol. The summed E-state index contributed by atoms with van der Waals surface area (Å²) in [6.07, 6.45) is 1.16. The number of anilines is 1. The number of hydrazine groups is 1. The second-order valence-corrected chi connectivity index (χ2v) is 15.9. The van der Waals surface area contributed by atoms with Gasteiger partial charge in [-0.3, -0.25) is 9.89 Å². The number of hydrogen-bond donors (Lipinski definition) is 2. The van der Waals surface area contributed by atoms with Gasteiger partial charge in [0.2, 0.25) is 10.0 Å². The maximum Gasteiger partial charge on any atom is 0.416 e. The lowest BCUT2D eigenvalue weighted by Crippen LogP contribution is -2.49. The molecule has 2 fully saturated rings. The molecule has 0 radical (unpaired) electrons. The number of halogens is 5. The summed E-state index contributed by atoms with van der Waals surface area (Å²) in [5.41, 5.74) is 0.935. The second kappa shape index (κ2) is 14.8. The molecule has 0 atom stereocenters. The number of carbonyl (C=O) groups is 1. The summed E-state index contributed by atoms with van der Waals surface area (Å²) in [7, 11) is -3.68. The molecule has 258 valence electrons. The topological polar surface area (TPSA) is 98.4 Å². The van der Waals surface area contributed by atoms with E-state index in [1.807, 2.05) is 5.01 Å². The van der Waals surface area contributed by atoms with E-state index in [0.29, 0.717) is 63.2 Å². The molecule has 3 heterocycles. The van der Waals surface area contributed by atoms with Crippen LogP contribution < -0.4 is 9.73 Å². The van der Waals surface area contributed by atoms with Crippen LogP contribution in [0.5, 0.6) is 0 Å². The minimum atomic E-state index is -4.44. The Kier molecular flexibility index (Phi) is 10.7. The van der Waals surface area contributed by atoms with Gasteiger partial charge in [-0.15, -0.1) is 11.3 Å². The lowest BCUT2D eigenvalue weighted by Gasteiger charge is -2.37. The third-order valence-corrected chi connectivity index (χ3v) is 12.1. The average Bonchev–Trinajstić information content (AvgIpc) is 3.86. The van der Waals surface area contributed by atoms with E-state index >= 15 is 0 Å². The Bertz CT molecular complexity index is 1990. The summed E-state index contributed by atoms with van der Waals surface area (Å²) in [4.78, 5) is 15.8. The first kappa shape index (κ1) is 35.4. The molecule has 6 rings (SSSR count). The van der Waals surface area contributed by atoms with Crippen molar-refractivity contribution >= 4 is 56.2 Å². The number of carbonyl (C=O) groups excluding carboxylic acids is 1. The van der Waals surface area contributed by atoms with Crippen LogP contribution in [0.4, 0.5) is 18.9 Å². The summed E-state index contributed by atoms with van der Waals surface area (Å²) in [6, 6.07) is 13.0. The van der Waals surface area contributed by atoms with Gasteiger partial charge in [-0.05, 0) is 80.3 Å². The van der Waals surface area contributed by atoms with Gasteiger partial charge in [0.15, 0.2) is 5.69 Å². The zero-order valence-electron chi connectivity index (χ0n) is 26.1. The number of aromatic amines is 1. The Morgan fingerprint density at radius 3 is 2.39 bits per heavy atom. The van der Waals surface area contributed by atoms with Crippen LogP contribution in [-0.2, 0) is 22.7 Å². The minimum absolute atomic E-state index is 0.0338. The molecular formula is C34H32Cl2F3N5O3S2. The number of sulfonamides is 1. The number of thiophene rings is 1. The molecule has 2 N–H and O–H groups in total. The Morgan fingerprint density at radius 1 is 1.00 bits per heavy atom. The highest BCUT2D eigenvalue weighted by atomic mass is 35.5. The van der Waals surface area contributed by atoms with Crippen molar-refractivity contribution < 1.29 is 26.4 Å². The Morgan fingerprint density at radius 2 is 1.71 bits per heavy atom. The maximum atomic E-state index is 14.5. The normalized spacial score (nSPS) is 16.0. The average molecular weight is 751 g/mol. The molecule has 1 aliphatic carbocycles. The van der Waals surface area contributed by atoms with Gasteiger partial charge in [0.25, 0.3) is 5.91 Å². The molecule has 1 aliphatic heterocycles. The smallest absolute Gasteiger partial charge is 0.276 e. The number of nitrogens with zero attached hydrogens (tertiary/aromatic N) is 3. The van der Waals surface area contributed by atoms with E-state index in [-0.39, 0.29) is 17.3 Å². The highest BCUT2D eigenvalue weighted by Crippen LogP contribution is 2.36. The molecular weight excluding hydrogens is 718 g/mol. The molecule has 4 aromatic rings. The number of aromatic nitrogens is 2. The molecule has 0 spiro atoms. The van der Waals surface area contributed by atoms with Gasteiger partial charge in [0.05, 0.1) is 37.0 Å².